The first kappa shape index (κ1) is 13.2. The Morgan fingerprint density at radius 2 is 2.24 bits per heavy atom. The molecule has 0 saturated carbocycles. The van der Waals surface area contributed by atoms with E-state index in [0.29, 0.717) is 6.54 Å². The molecule has 1 saturated heterocycles. The normalized spacial score (nSPS) is 18.8. The third-order valence-corrected chi connectivity index (χ3v) is 5.55. The Hall–Kier alpha value is -1.50. The monoisotopic (exact) mass is 317 g/mol. The molecular formula is C15H15N3OS2. The van der Waals surface area contributed by atoms with Gasteiger partial charge in [-0.25, -0.2) is 9.97 Å². The number of anilines is 1. The molecule has 6 heteroatoms. The number of aryl methyl sites for hydroxylation is 1. The highest BCUT2D eigenvalue weighted by molar-refractivity contribution is 7.18. The van der Waals surface area contributed by atoms with Gasteiger partial charge >= 0.3 is 0 Å². The van der Waals surface area contributed by atoms with Gasteiger partial charge in [-0.3, -0.25) is 0 Å². The van der Waals surface area contributed by atoms with Crippen molar-refractivity contribution in [2.45, 2.75) is 19.4 Å². The van der Waals surface area contributed by atoms with Gasteiger partial charge in [0.2, 0.25) is 0 Å². The zero-order valence-electron chi connectivity index (χ0n) is 11.6. The highest BCUT2D eigenvalue weighted by atomic mass is 32.1. The Labute approximate surface area is 130 Å². The summed E-state index contributed by atoms with van der Waals surface area (Å²) in [5.74, 6) is 1.76. The van der Waals surface area contributed by atoms with Gasteiger partial charge in [0.25, 0.3) is 0 Å². The molecule has 3 aromatic rings. The first-order valence-electron chi connectivity index (χ1n) is 6.95. The topological polar surface area (TPSA) is 49.2 Å². The lowest BCUT2D eigenvalue weighted by Gasteiger charge is -2.18. The average Bonchev–Trinajstić information content (AvgIpc) is 3.15. The number of rotatable bonds is 2. The molecule has 0 aromatic carbocycles. The van der Waals surface area contributed by atoms with Crippen molar-refractivity contribution < 1.29 is 5.11 Å². The summed E-state index contributed by atoms with van der Waals surface area (Å²) in [6, 6.07) is 4.20. The lowest BCUT2D eigenvalue weighted by molar-refractivity contribution is 0.198. The van der Waals surface area contributed by atoms with E-state index in [4.69, 9.17) is 0 Å². The standard InChI is InChI=1S/C15H15N3OS2/c1-9-16-14(18-5-4-10(19)7-18)13-11(8-21-15(13)17-9)12-3-2-6-20-12/h2-3,6,8,10,19H,4-5,7H2,1H3/t10-/m1/s1. The number of β-amino-alcohol motifs (C(OH)–C–C–N with tert-alkyl or cyclic N) is 1. The summed E-state index contributed by atoms with van der Waals surface area (Å²) in [6.07, 6.45) is 0.558. The molecule has 4 rings (SSSR count). The van der Waals surface area contributed by atoms with Crippen LogP contribution in [0.5, 0.6) is 0 Å². The van der Waals surface area contributed by atoms with Crippen LogP contribution in [0.25, 0.3) is 20.7 Å². The molecule has 4 heterocycles. The molecule has 0 bridgehead atoms. The number of aliphatic hydroxyl groups excluding tert-OH is 1. The molecule has 0 aliphatic carbocycles. The summed E-state index contributed by atoms with van der Waals surface area (Å²) in [5.41, 5.74) is 1.21. The fourth-order valence-electron chi connectivity index (χ4n) is 2.80. The van der Waals surface area contributed by atoms with Gasteiger partial charge in [0, 0.05) is 28.9 Å². The Morgan fingerprint density at radius 1 is 1.33 bits per heavy atom. The highest BCUT2D eigenvalue weighted by Crippen LogP contribution is 2.40. The second-order valence-electron chi connectivity index (χ2n) is 5.29. The molecule has 1 N–H and O–H groups in total. The molecule has 1 atom stereocenters. The third kappa shape index (κ3) is 2.23. The summed E-state index contributed by atoms with van der Waals surface area (Å²) >= 11 is 3.40. The van der Waals surface area contributed by atoms with Crippen molar-refractivity contribution in [1.29, 1.82) is 0 Å². The van der Waals surface area contributed by atoms with Crippen molar-refractivity contribution in [1.82, 2.24) is 9.97 Å². The van der Waals surface area contributed by atoms with E-state index in [1.807, 2.05) is 6.92 Å². The number of thiophene rings is 2. The molecule has 1 aliphatic heterocycles. The molecule has 1 aliphatic rings. The lowest BCUT2D eigenvalue weighted by Crippen LogP contribution is -2.22. The van der Waals surface area contributed by atoms with E-state index < -0.39 is 0 Å². The summed E-state index contributed by atoms with van der Waals surface area (Å²) in [4.78, 5) is 13.7. The van der Waals surface area contributed by atoms with Crippen LogP contribution in [-0.4, -0.2) is 34.3 Å². The minimum absolute atomic E-state index is 0.251. The summed E-state index contributed by atoms with van der Waals surface area (Å²) in [6.45, 7) is 3.44. The summed E-state index contributed by atoms with van der Waals surface area (Å²) in [7, 11) is 0. The number of hydrogen-bond donors (Lipinski definition) is 1. The average molecular weight is 317 g/mol. The summed E-state index contributed by atoms with van der Waals surface area (Å²) in [5, 5.41) is 15.2. The van der Waals surface area contributed by atoms with Crippen molar-refractivity contribution >= 4 is 38.7 Å². The Kier molecular flexibility index (Phi) is 3.17. The Balaban J connectivity index is 1.94. The molecule has 3 aromatic heterocycles. The predicted molar refractivity (Wildman–Crippen MR) is 88.3 cm³/mol. The molecule has 21 heavy (non-hydrogen) atoms. The molecule has 0 radical (unpaired) electrons. The van der Waals surface area contributed by atoms with E-state index >= 15 is 0 Å². The molecule has 0 spiro atoms. The van der Waals surface area contributed by atoms with Crippen LogP contribution < -0.4 is 4.90 Å². The van der Waals surface area contributed by atoms with E-state index in [-0.39, 0.29) is 6.10 Å². The van der Waals surface area contributed by atoms with E-state index in [9.17, 15) is 5.11 Å². The second-order valence-corrected chi connectivity index (χ2v) is 7.10. The minimum atomic E-state index is -0.251. The zero-order chi connectivity index (χ0) is 14.4. The van der Waals surface area contributed by atoms with Crippen LogP contribution in [0.1, 0.15) is 12.2 Å². The second kappa shape index (κ2) is 5.05. The van der Waals surface area contributed by atoms with Crippen LogP contribution in [0, 0.1) is 6.92 Å². The van der Waals surface area contributed by atoms with E-state index in [1.165, 1.54) is 10.4 Å². The Bertz CT molecular complexity index is 782. The van der Waals surface area contributed by atoms with E-state index in [2.05, 4.69) is 37.8 Å². The lowest BCUT2D eigenvalue weighted by atomic mass is 10.2. The Morgan fingerprint density at radius 3 is 2.95 bits per heavy atom. The molecule has 108 valence electrons. The van der Waals surface area contributed by atoms with Gasteiger partial charge in [0.1, 0.15) is 16.5 Å². The van der Waals surface area contributed by atoms with Gasteiger partial charge in [0.05, 0.1) is 11.5 Å². The van der Waals surface area contributed by atoms with Crippen molar-refractivity contribution in [2.24, 2.45) is 0 Å². The number of nitrogens with zero attached hydrogens (tertiary/aromatic N) is 3. The maximum atomic E-state index is 9.83. The van der Waals surface area contributed by atoms with Gasteiger partial charge in [0.15, 0.2) is 0 Å². The minimum Gasteiger partial charge on any atom is -0.391 e. The number of fused-ring (bicyclic) bond motifs is 1. The van der Waals surface area contributed by atoms with Crippen molar-refractivity contribution in [3.63, 3.8) is 0 Å². The molecule has 0 unspecified atom stereocenters. The molecular weight excluding hydrogens is 302 g/mol. The van der Waals surface area contributed by atoms with Crippen molar-refractivity contribution in [3.05, 3.63) is 28.7 Å². The fourth-order valence-corrected chi connectivity index (χ4v) is 4.61. The van der Waals surface area contributed by atoms with Gasteiger partial charge in [-0.1, -0.05) is 6.07 Å². The van der Waals surface area contributed by atoms with Gasteiger partial charge in [-0.15, -0.1) is 22.7 Å². The SMILES string of the molecule is Cc1nc(N2CC[C@@H](O)C2)c2c(-c3cccs3)csc2n1. The molecule has 4 nitrogen and oxygen atoms in total. The maximum Gasteiger partial charge on any atom is 0.141 e. The largest absolute Gasteiger partial charge is 0.391 e. The van der Waals surface area contributed by atoms with Crippen LogP contribution in [0.4, 0.5) is 5.82 Å². The van der Waals surface area contributed by atoms with Crippen molar-refractivity contribution in [2.75, 3.05) is 18.0 Å². The fraction of sp³-hybridized carbons (Fsp3) is 0.333. The van der Waals surface area contributed by atoms with Crippen molar-refractivity contribution in [3.8, 4) is 10.4 Å². The predicted octanol–water partition coefficient (Wildman–Crippen LogP) is 3.30. The van der Waals surface area contributed by atoms with Gasteiger partial charge < -0.3 is 10.0 Å². The van der Waals surface area contributed by atoms with Crippen LogP contribution in [0.2, 0.25) is 0 Å². The quantitative estimate of drug-likeness (QED) is 0.788. The van der Waals surface area contributed by atoms with Gasteiger partial charge in [-0.05, 0) is 24.8 Å². The first-order valence-corrected chi connectivity index (χ1v) is 8.71. The number of aromatic nitrogens is 2. The van der Waals surface area contributed by atoms with Gasteiger partial charge in [-0.2, -0.15) is 0 Å². The highest BCUT2D eigenvalue weighted by Gasteiger charge is 2.25. The van der Waals surface area contributed by atoms with E-state index in [0.717, 1.165) is 34.8 Å². The van der Waals surface area contributed by atoms with E-state index in [1.54, 1.807) is 22.7 Å². The number of hydrogen-bond acceptors (Lipinski definition) is 6. The maximum absolute atomic E-state index is 9.83. The first-order chi connectivity index (χ1) is 10.2. The van der Waals surface area contributed by atoms with Crippen LogP contribution in [-0.2, 0) is 0 Å². The smallest absolute Gasteiger partial charge is 0.141 e. The summed E-state index contributed by atoms with van der Waals surface area (Å²) < 4.78 is 0. The number of aliphatic hydroxyl groups is 1. The van der Waals surface area contributed by atoms with Crippen LogP contribution in [0.15, 0.2) is 22.9 Å². The third-order valence-electron chi connectivity index (χ3n) is 3.78. The molecule has 0 amide bonds. The van der Waals surface area contributed by atoms with Crippen LogP contribution >= 0.6 is 22.7 Å². The zero-order valence-corrected chi connectivity index (χ0v) is 13.2. The molecule has 1 fully saturated rings. The van der Waals surface area contributed by atoms with Crippen LogP contribution in [0.3, 0.4) is 0 Å².